The maximum atomic E-state index is 13.6. The number of rotatable bonds is 5. The van der Waals surface area contributed by atoms with Crippen LogP contribution in [0, 0.1) is 0 Å². The molecule has 1 aromatic carbocycles. The lowest BCUT2D eigenvalue weighted by atomic mass is 10.0. The van der Waals surface area contributed by atoms with E-state index in [0.29, 0.717) is 5.92 Å². The van der Waals surface area contributed by atoms with Crippen LogP contribution in [-0.4, -0.2) is 27.8 Å². The van der Waals surface area contributed by atoms with Crippen molar-refractivity contribution in [3.8, 4) is 10.6 Å². The van der Waals surface area contributed by atoms with Gasteiger partial charge in [0.1, 0.15) is 5.56 Å². The van der Waals surface area contributed by atoms with E-state index in [0.717, 1.165) is 54.7 Å². The number of anilines is 2. The van der Waals surface area contributed by atoms with Gasteiger partial charge in [0, 0.05) is 30.4 Å². The molecular formula is C22H20F3N5OS. The normalized spacial score (nSPS) is 16.2. The van der Waals surface area contributed by atoms with E-state index in [9.17, 15) is 18.0 Å². The highest BCUT2D eigenvalue weighted by molar-refractivity contribution is 7.13. The molecule has 5 rings (SSSR count). The van der Waals surface area contributed by atoms with Crippen LogP contribution in [0.2, 0.25) is 0 Å². The minimum atomic E-state index is -4.64. The summed E-state index contributed by atoms with van der Waals surface area (Å²) in [6.45, 7) is 1.70. The highest BCUT2D eigenvalue weighted by Crippen LogP contribution is 2.46. The number of hydrogen-bond acceptors (Lipinski definition) is 6. The largest absolute Gasteiger partial charge is 0.420 e. The first-order valence-electron chi connectivity index (χ1n) is 10.1. The number of alkyl halides is 3. The Bertz CT molecular complexity index is 1220. The van der Waals surface area contributed by atoms with Crippen molar-refractivity contribution in [2.75, 3.05) is 12.4 Å². The second kappa shape index (κ2) is 7.56. The number of amides is 1. The molecular weight excluding hydrogens is 439 g/mol. The van der Waals surface area contributed by atoms with Crippen molar-refractivity contribution < 1.29 is 18.0 Å². The smallest absolute Gasteiger partial charge is 0.366 e. The van der Waals surface area contributed by atoms with Gasteiger partial charge in [-0.1, -0.05) is 6.07 Å². The summed E-state index contributed by atoms with van der Waals surface area (Å²) in [6, 6.07) is 5.58. The van der Waals surface area contributed by atoms with Crippen LogP contribution in [0.4, 0.5) is 24.8 Å². The van der Waals surface area contributed by atoms with Gasteiger partial charge in [0.2, 0.25) is 11.9 Å². The van der Waals surface area contributed by atoms with Crippen LogP contribution in [0.3, 0.4) is 0 Å². The molecule has 0 saturated heterocycles. The first-order chi connectivity index (χ1) is 15.2. The average Bonchev–Trinajstić information content (AvgIpc) is 3.31. The van der Waals surface area contributed by atoms with E-state index >= 15 is 0 Å². The van der Waals surface area contributed by atoms with Crippen LogP contribution in [-0.2, 0) is 19.3 Å². The van der Waals surface area contributed by atoms with E-state index in [1.165, 1.54) is 22.6 Å². The van der Waals surface area contributed by atoms with Crippen molar-refractivity contribution in [2.24, 2.45) is 5.73 Å². The Labute approximate surface area is 186 Å². The van der Waals surface area contributed by atoms with Gasteiger partial charge in [-0.2, -0.15) is 13.2 Å². The summed E-state index contributed by atoms with van der Waals surface area (Å²) in [6.07, 6.45) is -1.67. The zero-order valence-corrected chi connectivity index (χ0v) is 18.0. The minimum Gasteiger partial charge on any atom is -0.366 e. The third-order valence-electron chi connectivity index (χ3n) is 5.73. The number of aromatic nitrogens is 2. The highest BCUT2D eigenvalue weighted by atomic mass is 32.1. The van der Waals surface area contributed by atoms with Gasteiger partial charge in [0.25, 0.3) is 0 Å². The predicted molar refractivity (Wildman–Crippen MR) is 116 cm³/mol. The Morgan fingerprint density at radius 3 is 2.56 bits per heavy atom. The Balaban J connectivity index is 1.55. The van der Waals surface area contributed by atoms with Crippen LogP contribution in [0.25, 0.3) is 10.6 Å². The molecule has 32 heavy (non-hydrogen) atoms. The topological polar surface area (TPSA) is 84.1 Å². The molecule has 1 fully saturated rings. The summed E-state index contributed by atoms with van der Waals surface area (Å²) in [7, 11) is 2.05. The summed E-state index contributed by atoms with van der Waals surface area (Å²) < 4.78 is 40.9. The van der Waals surface area contributed by atoms with Crippen molar-refractivity contribution in [1.29, 1.82) is 0 Å². The van der Waals surface area contributed by atoms with Crippen LogP contribution in [0.15, 0.2) is 29.8 Å². The monoisotopic (exact) mass is 459 g/mol. The average molecular weight is 459 g/mol. The zero-order valence-electron chi connectivity index (χ0n) is 17.2. The molecule has 1 saturated carbocycles. The van der Waals surface area contributed by atoms with Crippen molar-refractivity contribution in [3.05, 3.63) is 57.6 Å². The van der Waals surface area contributed by atoms with Crippen molar-refractivity contribution >= 4 is 28.9 Å². The molecule has 10 heteroatoms. The molecule has 2 aliphatic rings. The number of carbonyl (C=O) groups is 1. The highest BCUT2D eigenvalue weighted by Gasteiger charge is 2.36. The standard InChI is InChI=1S/C22H20F3N5OS/c1-30-8-12-4-15(11-2-3-11)17(5-13(12)9-30)28-21-27-7-16(22(23,24)25)19(29-21)18-6-14(10-32-18)20(26)31/h4-7,10-11H,2-3,8-9H2,1H3,(H2,26,31)(H,27,28,29). The van der Waals surface area contributed by atoms with Gasteiger partial charge in [-0.15, -0.1) is 11.3 Å². The van der Waals surface area contributed by atoms with Crippen LogP contribution in [0.1, 0.15) is 51.4 Å². The predicted octanol–water partition coefficient (Wildman–Crippen LogP) is 4.89. The fourth-order valence-electron chi connectivity index (χ4n) is 4.03. The number of nitrogens with one attached hydrogen (secondary N) is 1. The zero-order chi connectivity index (χ0) is 22.6. The van der Waals surface area contributed by atoms with Crippen LogP contribution < -0.4 is 11.1 Å². The quantitative estimate of drug-likeness (QED) is 0.568. The van der Waals surface area contributed by atoms with Gasteiger partial charge in [-0.3, -0.25) is 9.69 Å². The maximum absolute atomic E-state index is 13.6. The molecule has 0 radical (unpaired) electrons. The molecule has 3 heterocycles. The summed E-state index contributed by atoms with van der Waals surface area (Å²) >= 11 is 0.986. The van der Waals surface area contributed by atoms with Gasteiger partial charge in [0.05, 0.1) is 16.1 Å². The molecule has 0 bridgehead atoms. The number of fused-ring (bicyclic) bond motifs is 1. The molecule has 0 unspecified atom stereocenters. The molecule has 0 atom stereocenters. The number of carbonyl (C=O) groups excluding carboxylic acids is 1. The molecule has 0 spiro atoms. The maximum Gasteiger partial charge on any atom is 0.420 e. The Hall–Kier alpha value is -2.98. The number of benzene rings is 1. The van der Waals surface area contributed by atoms with E-state index in [4.69, 9.17) is 5.73 Å². The van der Waals surface area contributed by atoms with Crippen molar-refractivity contribution in [3.63, 3.8) is 0 Å². The lowest BCUT2D eigenvalue weighted by Gasteiger charge is -2.15. The summed E-state index contributed by atoms with van der Waals surface area (Å²) in [4.78, 5) is 22.0. The van der Waals surface area contributed by atoms with E-state index in [-0.39, 0.29) is 22.1 Å². The fraction of sp³-hybridized carbons (Fsp3) is 0.318. The van der Waals surface area contributed by atoms with Crippen molar-refractivity contribution in [2.45, 2.75) is 38.0 Å². The second-order valence-corrected chi connectivity index (χ2v) is 9.21. The Kier molecular flexibility index (Phi) is 4.94. The Morgan fingerprint density at radius 1 is 1.22 bits per heavy atom. The number of nitrogens with two attached hydrogens (primary N) is 1. The number of nitrogens with zero attached hydrogens (tertiary/aromatic N) is 3. The first kappa shape index (κ1) is 20.9. The van der Waals surface area contributed by atoms with E-state index in [1.54, 1.807) is 0 Å². The summed E-state index contributed by atoms with van der Waals surface area (Å²) in [5, 5.41) is 4.59. The summed E-state index contributed by atoms with van der Waals surface area (Å²) in [5.74, 6) is -0.182. The number of primary amides is 1. The molecule has 3 aromatic rings. The molecule has 166 valence electrons. The van der Waals surface area contributed by atoms with E-state index in [2.05, 4.69) is 39.4 Å². The number of thiophene rings is 1. The van der Waals surface area contributed by atoms with E-state index in [1.807, 2.05) is 0 Å². The van der Waals surface area contributed by atoms with Crippen LogP contribution in [0.5, 0.6) is 0 Å². The molecule has 6 nitrogen and oxygen atoms in total. The number of halogens is 3. The first-order valence-corrected chi connectivity index (χ1v) is 11.0. The summed E-state index contributed by atoms with van der Waals surface area (Å²) in [5.41, 5.74) is 8.62. The molecule has 1 amide bonds. The molecule has 2 aromatic heterocycles. The van der Waals surface area contributed by atoms with Gasteiger partial charge in [-0.25, -0.2) is 9.97 Å². The van der Waals surface area contributed by atoms with Gasteiger partial charge >= 0.3 is 6.18 Å². The third kappa shape index (κ3) is 3.95. The van der Waals surface area contributed by atoms with Crippen LogP contribution >= 0.6 is 11.3 Å². The van der Waals surface area contributed by atoms with Gasteiger partial charge < -0.3 is 11.1 Å². The van der Waals surface area contributed by atoms with Gasteiger partial charge in [0.15, 0.2) is 0 Å². The number of hydrogen-bond donors (Lipinski definition) is 2. The lowest BCUT2D eigenvalue weighted by Crippen LogP contribution is -2.11. The van der Waals surface area contributed by atoms with Crippen molar-refractivity contribution in [1.82, 2.24) is 14.9 Å². The van der Waals surface area contributed by atoms with E-state index < -0.39 is 17.6 Å². The van der Waals surface area contributed by atoms with Gasteiger partial charge in [-0.05, 0) is 54.6 Å². The minimum absolute atomic E-state index is 0.0789. The lowest BCUT2D eigenvalue weighted by molar-refractivity contribution is -0.137. The SMILES string of the molecule is CN1Cc2cc(Nc3ncc(C(F)(F)F)c(-c4cc(C(N)=O)cs4)n3)c(C3CC3)cc2C1. The fourth-order valence-corrected chi connectivity index (χ4v) is 4.93. The molecule has 1 aliphatic heterocycles. The molecule has 3 N–H and O–H groups in total. The molecule has 1 aliphatic carbocycles. The second-order valence-electron chi connectivity index (χ2n) is 8.30. The Morgan fingerprint density at radius 2 is 1.94 bits per heavy atom. The third-order valence-corrected chi connectivity index (χ3v) is 6.66.